The van der Waals surface area contributed by atoms with Crippen molar-refractivity contribution in [3.63, 3.8) is 0 Å². The van der Waals surface area contributed by atoms with E-state index in [0.717, 1.165) is 49.3 Å². The Morgan fingerprint density at radius 2 is 1.82 bits per heavy atom. The number of hydrogen-bond donors (Lipinski definition) is 1. The minimum absolute atomic E-state index is 0.235. The molecule has 0 spiro atoms. The van der Waals surface area contributed by atoms with Crippen molar-refractivity contribution in [2.24, 2.45) is 0 Å². The summed E-state index contributed by atoms with van der Waals surface area (Å²) in [4.78, 5) is 28.5. The number of aromatic nitrogens is 4. The first-order chi connectivity index (χ1) is 16.1. The topological polar surface area (TPSA) is 75.4 Å². The summed E-state index contributed by atoms with van der Waals surface area (Å²) >= 11 is 0. The molecular weight excluding hydrogens is 412 g/mol. The number of nitrogens with one attached hydrogen (secondary N) is 1. The lowest BCUT2D eigenvalue weighted by molar-refractivity contribution is 0.102. The van der Waals surface area contributed by atoms with Crippen molar-refractivity contribution < 1.29 is 4.79 Å². The van der Waals surface area contributed by atoms with Gasteiger partial charge in [0.1, 0.15) is 6.33 Å². The molecule has 0 unspecified atom stereocenters. The van der Waals surface area contributed by atoms with Crippen LogP contribution in [-0.2, 0) is 6.54 Å². The normalized spacial score (nSPS) is 15.1. The number of pyridine rings is 1. The van der Waals surface area contributed by atoms with E-state index in [0.29, 0.717) is 17.3 Å². The number of carbonyl (C=O) groups excluding carboxylic acids is 1. The molecule has 5 rings (SSSR count). The Morgan fingerprint density at radius 3 is 2.58 bits per heavy atom. The molecule has 3 aromatic heterocycles. The van der Waals surface area contributed by atoms with Crippen LogP contribution in [-0.4, -0.2) is 43.2 Å². The van der Waals surface area contributed by atoms with Crippen LogP contribution in [0, 0.1) is 13.8 Å². The highest BCUT2D eigenvalue weighted by molar-refractivity contribution is 6.07. The molecule has 1 aliphatic heterocycles. The van der Waals surface area contributed by atoms with Gasteiger partial charge in [-0.25, -0.2) is 9.97 Å². The van der Waals surface area contributed by atoms with Gasteiger partial charge in [-0.3, -0.25) is 19.1 Å². The van der Waals surface area contributed by atoms with Crippen LogP contribution >= 0.6 is 0 Å². The van der Waals surface area contributed by atoms with Gasteiger partial charge in [-0.15, -0.1) is 0 Å². The number of piperidine rings is 1. The van der Waals surface area contributed by atoms with Crippen LogP contribution in [0.4, 0.5) is 5.69 Å². The first kappa shape index (κ1) is 21.3. The first-order valence-corrected chi connectivity index (χ1v) is 11.4. The maximum atomic E-state index is 13.0. The second-order valence-corrected chi connectivity index (χ2v) is 8.83. The Bertz CT molecular complexity index is 1270. The minimum atomic E-state index is -0.235. The maximum absolute atomic E-state index is 13.0. The van der Waals surface area contributed by atoms with Crippen LogP contribution in [0.15, 0.2) is 61.3 Å². The molecule has 1 aliphatic rings. The summed E-state index contributed by atoms with van der Waals surface area (Å²) in [6.07, 6.45) is 9.35. The Morgan fingerprint density at radius 1 is 1.03 bits per heavy atom. The predicted octanol–water partition coefficient (Wildman–Crippen LogP) is 4.37. The van der Waals surface area contributed by atoms with Crippen molar-refractivity contribution in [3.8, 4) is 0 Å². The summed E-state index contributed by atoms with van der Waals surface area (Å²) in [5.41, 5.74) is 6.41. The predicted molar refractivity (Wildman–Crippen MR) is 128 cm³/mol. The fourth-order valence-electron chi connectivity index (χ4n) is 4.68. The molecule has 1 saturated heterocycles. The molecule has 0 atom stereocenters. The molecule has 7 heteroatoms. The van der Waals surface area contributed by atoms with Gasteiger partial charge in [0.15, 0.2) is 11.3 Å². The summed E-state index contributed by atoms with van der Waals surface area (Å²) < 4.78 is 1.99. The third-order valence-corrected chi connectivity index (χ3v) is 6.47. The first-order valence-electron chi connectivity index (χ1n) is 11.4. The van der Waals surface area contributed by atoms with Crippen LogP contribution in [0.1, 0.15) is 51.6 Å². The summed E-state index contributed by atoms with van der Waals surface area (Å²) in [6, 6.07) is 12.2. The van der Waals surface area contributed by atoms with Gasteiger partial charge >= 0.3 is 0 Å². The third-order valence-electron chi connectivity index (χ3n) is 6.47. The van der Waals surface area contributed by atoms with Crippen molar-refractivity contribution in [1.82, 2.24) is 24.3 Å². The van der Waals surface area contributed by atoms with E-state index >= 15 is 0 Å². The van der Waals surface area contributed by atoms with Gasteiger partial charge < -0.3 is 5.32 Å². The number of nitrogens with zero attached hydrogens (tertiary/aromatic N) is 5. The van der Waals surface area contributed by atoms with E-state index in [2.05, 4.69) is 49.4 Å². The smallest absolute Gasteiger partial charge is 0.278 e. The van der Waals surface area contributed by atoms with Crippen LogP contribution in [0.2, 0.25) is 0 Å². The van der Waals surface area contributed by atoms with Crippen molar-refractivity contribution in [2.75, 3.05) is 18.4 Å². The highest BCUT2D eigenvalue weighted by Crippen LogP contribution is 2.29. The fourth-order valence-corrected chi connectivity index (χ4v) is 4.68. The van der Waals surface area contributed by atoms with Crippen LogP contribution in [0.5, 0.6) is 0 Å². The monoisotopic (exact) mass is 440 g/mol. The van der Waals surface area contributed by atoms with Crippen molar-refractivity contribution >= 4 is 17.2 Å². The Balaban J connectivity index is 1.31. The average molecular weight is 441 g/mol. The molecule has 168 valence electrons. The summed E-state index contributed by atoms with van der Waals surface area (Å²) in [5, 5.41) is 2.99. The number of hydrogen-bond acceptors (Lipinski definition) is 5. The number of aryl methyl sites for hydroxylation is 2. The summed E-state index contributed by atoms with van der Waals surface area (Å²) in [5.74, 6) is 0.176. The lowest BCUT2D eigenvalue weighted by Gasteiger charge is -2.32. The number of benzene rings is 1. The van der Waals surface area contributed by atoms with E-state index in [1.54, 1.807) is 12.5 Å². The Hall–Kier alpha value is -3.58. The van der Waals surface area contributed by atoms with Crippen LogP contribution in [0.3, 0.4) is 0 Å². The average Bonchev–Trinajstić information content (AvgIpc) is 3.27. The lowest BCUT2D eigenvalue weighted by Crippen LogP contribution is -2.33. The van der Waals surface area contributed by atoms with Gasteiger partial charge in [0.2, 0.25) is 0 Å². The molecule has 0 radical (unpaired) electrons. The van der Waals surface area contributed by atoms with E-state index in [9.17, 15) is 4.79 Å². The summed E-state index contributed by atoms with van der Waals surface area (Å²) in [6.45, 7) is 7.05. The maximum Gasteiger partial charge on any atom is 0.278 e. The molecule has 1 aromatic carbocycles. The minimum Gasteiger partial charge on any atom is -0.320 e. The van der Waals surface area contributed by atoms with Crippen molar-refractivity contribution in [1.29, 1.82) is 0 Å². The molecule has 1 amide bonds. The molecule has 4 heterocycles. The lowest BCUT2D eigenvalue weighted by atomic mass is 9.93. The van der Waals surface area contributed by atoms with E-state index in [4.69, 9.17) is 0 Å². The number of imidazole rings is 1. The zero-order valence-electron chi connectivity index (χ0n) is 19.0. The molecule has 7 nitrogen and oxygen atoms in total. The number of fused-ring (bicyclic) bond motifs is 1. The van der Waals surface area contributed by atoms with Crippen LogP contribution < -0.4 is 5.32 Å². The second kappa shape index (κ2) is 9.11. The summed E-state index contributed by atoms with van der Waals surface area (Å²) in [7, 11) is 0. The SMILES string of the molecule is Cc1ccc(NC(=O)c2ncn3c(C4CCN(Cc5ccncc5)CC4)ccnc23)c(C)c1. The standard InChI is InChI=1S/C26H28N6O/c1-18-3-4-22(19(2)15-18)30-26(33)24-25-28-12-7-23(32(25)17-29-24)21-8-13-31(14-9-21)16-20-5-10-27-11-6-20/h3-7,10-12,15,17,21H,8-9,13-14,16H2,1-2H3,(H,30,33). The number of likely N-dealkylation sites (tertiary alicyclic amines) is 1. The Labute approximate surface area is 193 Å². The highest BCUT2D eigenvalue weighted by atomic mass is 16.1. The van der Waals surface area contributed by atoms with Gasteiger partial charge in [0.25, 0.3) is 5.91 Å². The quantitative estimate of drug-likeness (QED) is 0.499. The van der Waals surface area contributed by atoms with Gasteiger partial charge in [0, 0.05) is 42.4 Å². The molecule has 0 saturated carbocycles. The van der Waals surface area contributed by atoms with Crippen molar-refractivity contribution in [2.45, 2.75) is 39.2 Å². The number of anilines is 1. The molecule has 0 bridgehead atoms. The zero-order chi connectivity index (χ0) is 22.8. The van der Waals surface area contributed by atoms with Crippen molar-refractivity contribution in [3.05, 3.63) is 89.4 Å². The molecule has 33 heavy (non-hydrogen) atoms. The van der Waals surface area contributed by atoms with E-state index < -0.39 is 0 Å². The third kappa shape index (κ3) is 4.50. The molecular formula is C26H28N6O. The zero-order valence-corrected chi connectivity index (χ0v) is 19.0. The fraction of sp³-hybridized carbons (Fsp3) is 0.308. The van der Waals surface area contributed by atoms with Gasteiger partial charge in [-0.1, -0.05) is 17.7 Å². The molecule has 0 aliphatic carbocycles. The van der Waals surface area contributed by atoms with E-state index in [1.807, 2.05) is 42.8 Å². The number of amides is 1. The highest BCUT2D eigenvalue weighted by Gasteiger charge is 2.24. The van der Waals surface area contributed by atoms with E-state index in [-0.39, 0.29) is 5.91 Å². The number of carbonyl (C=O) groups is 1. The van der Waals surface area contributed by atoms with Gasteiger partial charge in [-0.2, -0.15) is 0 Å². The largest absolute Gasteiger partial charge is 0.320 e. The Kier molecular flexibility index (Phi) is 5.88. The molecule has 4 aromatic rings. The van der Waals surface area contributed by atoms with Gasteiger partial charge in [-0.05, 0) is 75.2 Å². The van der Waals surface area contributed by atoms with E-state index in [1.165, 1.54) is 11.3 Å². The second-order valence-electron chi connectivity index (χ2n) is 8.83. The number of rotatable bonds is 5. The van der Waals surface area contributed by atoms with Gasteiger partial charge in [0.05, 0.1) is 0 Å². The molecule has 1 N–H and O–H groups in total. The van der Waals surface area contributed by atoms with Crippen LogP contribution in [0.25, 0.3) is 5.65 Å². The molecule has 1 fully saturated rings.